The van der Waals surface area contributed by atoms with Gasteiger partial charge in [-0.25, -0.2) is 8.78 Å². The summed E-state index contributed by atoms with van der Waals surface area (Å²) in [6, 6.07) is 7.08. The Hall–Kier alpha value is -3.09. The first-order chi connectivity index (χ1) is 12.5. The number of benzene rings is 1. The predicted octanol–water partition coefficient (Wildman–Crippen LogP) is 3.75. The van der Waals surface area contributed by atoms with Crippen LogP contribution in [0.1, 0.15) is 29.1 Å². The Morgan fingerprint density at radius 2 is 1.96 bits per heavy atom. The Labute approximate surface area is 148 Å². The van der Waals surface area contributed by atoms with Gasteiger partial charge in [0.2, 0.25) is 0 Å². The minimum atomic E-state index is -0.980. The van der Waals surface area contributed by atoms with Gasteiger partial charge >= 0.3 is 0 Å². The van der Waals surface area contributed by atoms with Crippen LogP contribution in [0.3, 0.4) is 0 Å². The van der Waals surface area contributed by atoms with Gasteiger partial charge in [0.25, 0.3) is 5.91 Å². The van der Waals surface area contributed by atoms with E-state index in [2.05, 4.69) is 10.1 Å². The van der Waals surface area contributed by atoms with E-state index >= 15 is 0 Å². The molecule has 1 amide bonds. The van der Waals surface area contributed by atoms with E-state index in [1.807, 2.05) is 26.0 Å². The first-order valence-electron chi connectivity index (χ1n) is 8.23. The molecule has 1 aliphatic rings. The van der Waals surface area contributed by atoms with Gasteiger partial charge in [-0.1, -0.05) is 0 Å². The highest BCUT2D eigenvalue weighted by Crippen LogP contribution is 2.33. The number of hydrogen-bond donors (Lipinski definition) is 0. The number of aromatic nitrogens is 3. The summed E-state index contributed by atoms with van der Waals surface area (Å²) < 4.78 is 28.6. The van der Waals surface area contributed by atoms with Crippen molar-refractivity contribution in [1.82, 2.24) is 14.8 Å². The van der Waals surface area contributed by atoms with Crippen LogP contribution in [0.4, 0.5) is 14.5 Å². The van der Waals surface area contributed by atoms with Crippen LogP contribution < -0.4 is 4.90 Å². The lowest BCUT2D eigenvalue weighted by Crippen LogP contribution is -2.42. The zero-order chi connectivity index (χ0) is 18.4. The summed E-state index contributed by atoms with van der Waals surface area (Å²) in [5.74, 6) is -2.22. The van der Waals surface area contributed by atoms with Gasteiger partial charge < -0.3 is 4.90 Å². The van der Waals surface area contributed by atoms with Crippen molar-refractivity contribution in [3.05, 3.63) is 65.7 Å². The van der Waals surface area contributed by atoms with E-state index in [0.717, 1.165) is 23.4 Å². The maximum atomic E-state index is 13.6. The van der Waals surface area contributed by atoms with Crippen LogP contribution in [0.2, 0.25) is 0 Å². The molecule has 0 aliphatic carbocycles. The predicted molar refractivity (Wildman–Crippen MR) is 92.9 cm³/mol. The molecular weight excluding hydrogens is 338 g/mol. The lowest BCUT2D eigenvalue weighted by atomic mass is 10.0. The standard InChI is InChI=1S/C19H16F2N4O/c1-11-7-13(5-6-22-11)15-9-23-25-12(2)10-24(19(26)18(15)25)14-3-4-16(20)17(21)8-14/h3-9,12H,10H2,1-2H3. The van der Waals surface area contributed by atoms with Gasteiger partial charge in [-0.05, 0) is 43.7 Å². The molecule has 1 aliphatic heterocycles. The van der Waals surface area contributed by atoms with Gasteiger partial charge in [-0.2, -0.15) is 5.10 Å². The minimum Gasteiger partial charge on any atom is -0.305 e. The Morgan fingerprint density at radius 3 is 2.69 bits per heavy atom. The molecule has 0 saturated carbocycles. The van der Waals surface area contributed by atoms with Crippen LogP contribution in [0.15, 0.2) is 42.7 Å². The fraction of sp³-hybridized carbons (Fsp3) is 0.211. The molecule has 26 heavy (non-hydrogen) atoms. The second-order valence-electron chi connectivity index (χ2n) is 6.40. The molecule has 0 fully saturated rings. The zero-order valence-electron chi connectivity index (χ0n) is 14.3. The molecule has 5 nitrogen and oxygen atoms in total. The van der Waals surface area contributed by atoms with Crippen LogP contribution in [-0.2, 0) is 0 Å². The van der Waals surface area contributed by atoms with Gasteiger partial charge in [0, 0.05) is 35.8 Å². The minimum absolute atomic E-state index is 0.104. The topological polar surface area (TPSA) is 51.0 Å². The van der Waals surface area contributed by atoms with Crippen molar-refractivity contribution in [1.29, 1.82) is 0 Å². The Kier molecular flexibility index (Phi) is 3.79. The highest BCUT2D eigenvalue weighted by Gasteiger charge is 2.34. The molecule has 0 radical (unpaired) electrons. The normalized spacial score (nSPS) is 16.7. The van der Waals surface area contributed by atoms with Crippen LogP contribution in [0, 0.1) is 18.6 Å². The SMILES string of the molecule is Cc1cc(-c2cnn3c2C(=O)N(c2ccc(F)c(F)c2)CC3C)ccn1. The monoisotopic (exact) mass is 354 g/mol. The summed E-state index contributed by atoms with van der Waals surface area (Å²) in [4.78, 5) is 18.8. The molecule has 7 heteroatoms. The van der Waals surface area contributed by atoms with Crippen LogP contribution in [-0.4, -0.2) is 27.2 Å². The molecule has 1 atom stereocenters. The molecule has 132 valence electrons. The number of aryl methyl sites for hydroxylation is 1. The lowest BCUT2D eigenvalue weighted by molar-refractivity contribution is 0.0954. The number of nitrogens with zero attached hydrogens (tertiary/aromatic N) is 4. The third-order valence-electron chi connectivity index (χ3n) is 4.53. The van der Waals surface area contributed by atoms with Gasteiger partial charge in [0.1, 0.15) is 5.69 Å². The number of pyridine rings is 1. The summed E-state index contributed by atoms with van der Waals surface area (Å²) in [5.41, 5.74) is 3.12. The highest BCUT2D eigenvalue weighted by atomic mass is 19.2. The molecule has 2 aromatic heterocycles. The van der Waals surface area contributed by atoms with Crippen molar-refractivity contribution in [2.75, 3.05) is 11.4 Å². The third kappa shape index (κ3) is 2.56. The molecule has 0 saturated heterocycles. The third-order valence-corrected chi connectivity index (χ3v) is 4.53. The van der Waals surface area contributed by atoms with E-state index in [9.17, 15) is 13.6 Å². The van der Waals surface area contributed by atoms with Crippen molar-refractivity contribution in [2.45, 2.75) is 19.9 Å². The number of amides is 1. The van der Waals surface area contributed by atoms with Gasteiger partial charge in [0.05, 0.1) is 12.2 Å². The second kappa shape index (κ2) is 6.01. The number of anilines is 1. The molecular formula is C19H16F2N4O. The molecule has 1 unspecified atom stereocenters. The number of fused-ring (bicyclic) bond motifs is 1. The summed E-state index contributed by atoms with van der Waals surface area (Å²) >= 11 is 0. The summed E-state index contributed by atoms with van der Waals surface area (Å²) in [7, 11) is 0. The van der Waals surface area contributed by atoms with Gasteiger partial charge in [-0.3, -0.25) is 14.5 Å². The van der Waals surface area contributed by atoms with Crippen molar-refractivity contribution in [2.24, 2.45) is 0 Å². The number of carbonyl (C=O) groups is 1. The van der Waals surface area contributed by atoms with Crippen LogP contribution >= 0.6 is 0 Å². The molecule has 0 spiro atoms. The number of carbonyl (C=O) groups excluding carboxylic acids is 1. The largest absolute Gasteiger partial charge is 0.305 e. The maximum absolute atomic E-state index is 13.6. The van der Waals surface area contributed by atoms with Crippen molar-refractivity contribution < 1.29 is 13.6 Å². The van der Waals surface area contributed by atoms with Crippen molar-refractivity contribution in [3.63, 3.8) is 0 Å². The summed E-state index contributed by atoms with van der Waals surface area (Å²) in [5, 5.41) is 4.37. The van der Waals surface area contributed by atoms with Crippen LogP contribution in [0.5, 0.6) is 0 Å². The molecule has 0 N–H and O–H groups in total. The zero-order valence-corrected chi connectivity index (χ0v) is 14.3. The fourth-order valence-electron chi connectivity index (χ4n) is 3.26. The van der Waals surface area contributed by atoms with E-state index < -0.39 is 11.6 Å². The van der Waals surface area contributed by atoms with E-state index in [-0.39, 0.29) is 11.9 Å². The smallest absolute Gasteiger partial charge is 0.277 e. The second-order valence-corrected chi connectivity index (χ2v) is 6.40. The average Bonchev–Trinajstić information content (AvgIpc) is 3.06. The average molecular weight is 354 g/mol. The van der Waals surface area contributed by atoms with Gasteiger partial charge in [0.15, 0.2) is 11.6 Å². The fourth-order valence-corrected chi connectivity index (χ4v) is 3.26. The highest BCUT2D eigenvalue weighted by molar-refractivity contribution is 6.09. The molecule has 1 aromatic carbocycles. The maximum Gasteiger partial charge on any atom is 0.277 e. The van der Waals surface area contributed by atoms with E-state index in [1.54, 1.807) is 17.1 Å². The molecule has 0 bridgehead atoms. The van der Waals surface area contributed by atoms with Gasteiger partial charge in [-0.15, -0.1) is 0 Å². The Bertz CT molecular complexity index is 1010. The van der Waals surface area contributed by atoms with E-state index in [1.165, 1.54) is 11.0 Å². The number of hydrogen-bond acceptors (Lipinski definition) is 3. The molecule has 4 rings (SSSR count). The van der Waals surface area contributed by atoms with Crippen molar-refractivity contribution in [3.8, 4) is 11.1 Å². The van der Waals surface area contributed by atoms with Crippen LogP contribution in [0.25, 0.3) is 11.1 Å². The van der Waals surface area contributed by atoms with E-state index in [0.29, 0.717) is 23.5 Å². The Balaban J connectivity index is 1.82. The van der Waals surface area contributed by atoms with E-state index in [4.69, 9.17) is 0 Å². The lowest BCUT2D eigenvalue weighted by Gasteiger charge is -2.32. The summed E-state index contributed by atoms with van der Waals surface area (Å²) in [6.45, 7) is 4.13. The molecule has 3 aromatic rings. The Morgan fingerprint density at radius 1 is 1.15 bits per heavy atom. The number of rotatable bonds is 2. The first-order valence-corrected chi connectivity index (χ1v) is 8.23. The summed E-state index contributed by atoms with van der Waals surface area (Å²) in [6.07, 6.45) is 3.34. The number of halogens is 2. The molecule has 3 heterocycles. The first kappa shape index (κ1) is 16.4. The van der Waals surface area contributed by atoms with Crippen molar-refractivity contribution >= 4 is 11.6 Å². The quantitative estimate of drug-likeness (QED) is 0.704.